The molecule has 1 aromatic carbocycles. The SMILES string of the molecule is CN1CCc2c(sc3ncn(CC[NH+]4CCC(c5cc(-c6ccc(Cl)cc6)n[nH]5)CC4)c(=O)c23)C1. The molecule has 1 saturated heterocycles. The molecule has 2 aliphatic rings. The molecular weight excluding hydrogens is 480 g/mol. The van der Waals surface area contributed by atoms with Crippen molar-refractivity contribution in [3.63, 3.8) is 0 Å². The molecule has 0 unspecified atom stereocenters. The number of nitrogens with zero attached hydrogens (tertiary/aromatic N) is 4. The Balaban J connectivity index is 1.08. The number of piperidine rings is 1. The van der Waals surface area contributed by atoms with Crippen LogP contribution >= 0.6 is 22.9 Å². The average molecular weight is 510 g/mol. The Kier molecular flexibility index (Phi) is 6.22. The predicted octanol–water partition coefficient (Wildman–Crippen LogP) is 2.95. The number of nitrogens with one attached hydrogen (secondary N) is 2. The van der Waals surface area contributed by atoms with Crippen LogP contribution in [0.2, 0.25) is 5.02 Å². The van der Waals surface area contributed by atoms with E-state index < -0.39 is 0 Å². The standard InChI is InChI=1S/C26H29ClN6OS/c1-31-9-8-20-23(15-31)35-25-24(20)26(34)33(16-28-25)13-12-32-10-6-18(7-11-32)22-14-21(29-30-22)17-2-4-19(27)5-3-17/h2-5,14,16,18H,6-13,15H2,1H3,(H,29,30)/p+1. The number of likely N-dealkylation sites (N-methyl/N-ethyl adjacent to an activating group) is 1. The van der Waals surface area contributed by atoms with Gasteiger partial charge in [0.15, 0.2) is 0 Å². The molecule has 9 heteroatoms. The van der Waals surface area contributed by atoms with Crippen LogP contribution in [0.3, 0.4) is 0 Å². The third-order valence-corrected chi connectivity index (χ3v) is 8.97. The van der Waals surface area contributed by atoms with Gasteiger partial charge in [-0.2, -0.15) is 5.10 Å². The third kappa shape index (κ3) is 4.56. The first-order chi connectivity index (χ1) is 17.0. The smallest absolute Gasteiger partial charge is 0.262 e. The number of rotatable bonds is 5. The number of likely N-dealkylation sites (tertiary alicyclic amines) is 1. The highest BCUT2D eigenvalue weighted by Crippen LogP contribution is 2.31. The van der Waals surface area contributed by atoms with Crippen LogP contribution in [0.15, 0.2) is 41.5 Å². The molecule has 4 aromatic rings. The van der Waals surface area contributed by atoms with Crippen molar-refractivity contribution in [1.29, 1.82) is 0 Å². The van der Waals surface area contributed by atoms with Crippen LogP contribution in [0.1, 0.15) is 34.9 Å². The van der Waals surface area contributed by atoms with Gasteiger partial charge in [0.25, 0.3) is 5.56 Å². The van der Waals surface area contributed by atoms with Crippen molar-refractivity contribution in [3.8, 4) is 11.3 Å². The van der Waals surface area contributed by atoms with E-state index in [1.165, 1.54) is 16.1 Å². The second-order valence-corrected chi connectivity index (χ2v) is 11.4. The number of thiophene rings is 1. The predicted molar refractivity (Wildman–Crippen MR) is 140 cm³/mol. The van der Waals surface area contributed by atoms with E-state index in [1.807, 2.05) is 28.8 Å². The minimum absolute atomic E-state index is 0.138. The Morgan fingerprint density at radius 1 is 1.23 bits per heavy atom. The minimum Gasteiger partial charge on any atom is -0.333 e. The maximum absolute atomic E-state index is 13.3. The Bertz CT molecular complexity index is 1400. The summed E-state index contributed by atoms with van der Waals surface area (Å²) in [7, 11) is 2.13. The van der Waals surface area contributed by atoms with Crippen molar-refractivity contribution in [2.75, 3.05) is 33.2 Å². The van der Waals surface area contributed by atoms with Gasteiger partial charge in [0.2, 0.25) is 0 Å². The first kappa shape index (κ1) is 22.9. The summed E-state index contributed by atoms with van der Waals surface area (Å²) in [6.07, 6.45) is 4.94. The summed E-state index contributed by atoms with van der Waals surface area (Å²) < 4.78 is 1.83. The quantitative estimate of drug-likeness (QED) is 0.434. The molecule has 1 fully saturated rings. The first-order valence-corrected chi connectivity index (χ1v) is 13.6. The molecule has 0 bridgehead atoms. The monoisotopic (exact) mass is 509 g/mol. The fourth-order valence-electron chi connectivity index (χ4n) is 5.49. The molecule has 0 amide bonds. The molecule has 2 N–H and O–H groups in total. The molecule has 0 spiro atoms. The Morgan fingerprint density at radius 3 is 2.83 bits per heavy atom. The fourth-order valence-corrected chi connectivity index (χ4v) is 6.87. The van der Waals surface area contributed by atoms with Crippen molar-refractivity contribution in [1.82, 2.24) is 24.6 Å². The first-order valence-electron chi connectivity index (χ1n) is 12.4. The van der Waals surface area contributed by atoms with E-state index in [-0.39, 0.29) is 5.56 Å². The molecule has 2 aliphatic heterocycles. The number of hydrogen-bond donors (Lipinski definition) is 2. The summed E-state index contributed by atoms with van der Waals surface area (Å²) >= 11 is 7.70. The maximum atomic E-state index is 13.3. The van der Waals surface area contributed by atoms with Crippen LogP contribution in [0, 0.1) is 0 Å². The van der Waals surface area contributed by atoms with Gasteiger partial charge in [0, 0.05) is 53.0 Å². The zero-order chi connectivity index (χ0) is 23.9. The lowest BCUT2D eigenvalue weighted by atomic mass is 9.93. The van der Waals surface area contributed by atoms with Crippen molar-refractivity contribution in [2.24, 2.45) is 0 Å². The van der Waals surface area contributed by atoms with Crippen LogP contribution < -0.4 is 10.5 Å². The van der Waals surface area contributed by atoms with E-state index >= 15 is 0 Å². The number of hydrogen-bond acceptors (Lipinski definition) is 5. The number of H-pyrrole nitrogens is 1. The number of benzene rings is 1. The van der Waals surface area contributed by atoms with Gasteiger partial charge in [-0.15, -0.1) is 11.3 Å². The van der Waals surface area contributed by atoms with Crippen LogP contribution in [0.5, 0.6) is 0 Å². The van der Waals surface area contributed by atoms with Crippen molar-refractivity contribution < 1.29 is 4.90 Å². The van der Waals surface area contributed by atoms with Crippen LogP contribution in [0.25, 0.3) is 21.5 Å². The van der Waals surface area contributed by atoms with Gasteiger partial charge < -0.3 is 9.80 Å². The van der Waals surface area contributed by atoms with Gasteiger partial charge in [-0.1, -0.05) is 23.7 Å². The van der Waals surface area contributed by atoms with E-state index in [0.717, 1.165) is 85.0 Å². The Hall–Kier alpha value is -2.52. The topological polar surface area (TPSA) is 71.2 Å². The summed E-state index contributed by atoms with van der Waals surface area (Å²) in [4.78, 5) is 24.0. The molecule has 7 nitrogen and oxygen atoms in total. The van der Waals surface area contributed by atoms with Crippen LogP contribution in [-0.2, 0) is 19.5 Å². The van der Waals surface area contributed by atoms with Crippen molar-refractivity contribution >= 4 is 33.2 Å². The normalized spacial score (nSPS) is 20.9. The summed E-state index contributed by atoms with van der Waals surface area (Å²) in [6, 6.07) is 9.99. The second kappa shape index (κ2) is 9.50. The van der Waals surface area contributed by atoms with E-state index in [0.29, 0.717) is 5.92 Å². The van der Waals surface area contributed by atoms with Crippen LogP contribution in [0.4, 0.5) is 0 Å². The summed E-state index contributed by atoms with van der Waals surface area (Å²) in [6.45, 7) is 5.80. The largest absolute Gasteiger partial charge is 0.333 e. The Labute approximate surface area is 213 Å². The van der Waals surface area contributed by atoms with E-state index in [1.54, 1.807) is 22.6 Å². The van der Waals surface area contributed by atoms with E-state index in [2.05, 4.69) is 33.2 Å². The van der Waals surface area contributed by atoms with Gasteiger partial charge in [-0.3, -0.25) is 14.5 Å². The molecule has 35 heavy (non-hydrogen) atoms. The number of quaternary nitrogens is 1. The van der Waals surface area contributed by atoms with Crippen molar-refractivity contribution in [3.05, 3.63) is 68.2 Å². The second-order valence-electron chi connectivity index (χ2n) is 9.90. The summed E-state index contributed by atoms with van der Waals surface area (Å²) in [5.74, 6) is 0.503. The molecule has 0 radical (unpaired) electrons. The molecule has 0 saturated carbocycles. The lowest BCUT2D eigenvalue weighted by Gasteiger charge is -2.28. The van der Waals surface area contributed by atoms with Gasteiger partial charge in [-0.25, -0.2) is 4.98 Å². The number of aromatic amines is 1. The average Bonchev–Trinajstić information content (AvgIpc) is 3.50. The Morgan fingerprint density at radius 2 is 2.03 bits per heavy atom. The molecular formula is C26H30ClN6OS+. The maximum Gasteiger partial charge on any atom is 0.262 e. The highest BCUT2D eigenvalue weighted by Gasteiger charge is 2.26. The van der Waals surface area contributed by atoms with Gasteiger partial charge in [-0.05, 0) is 37.2 Å². The summed E-state index contributed by atoms with van der Waals surface area (Å²) in [5.41, 5.74) is 4.64. The molecule has 3 aromatic heterocycles. The zero-order valence-electron chi connectivity index (χ0n) is 19.9. The molecule has 0 atom stereocenters. The molecule has 5 heterocycles. The minimum atomic E-state index is 0.138. The number of fused-ring (bicyclic) bond motifs is 3. The highest BCUT2D eigenvalue weighted by atomic mass is 35.5. The van der Waals surface area contributed by atoms with E-state index in [9.17, 15) is 4.79 Å². The lowest BCUT2D eigenvalue weighted by Crippen LogP contribution is -3.13. The van der Waals surface area contributed by atoms with Gasteiger partial charge >= 0.3 is 0 Å². The highest BCUT2D eigenvalue weighted by molar-refractivity contribution is 7.18. The lowest BCUT2D eigenvalue weighted by molar-refractivity contribution is -0.906. The molecule has 6 rings (SSSR count). The van der Waals surface area contributed by atoms with E-state index in [4.69, 9.17) is 11.6 Å². The third-order valence-electron chi connectivity index (χ3n) is 7.59. The molecule has 0 aliphatic carbocycles. The molecule has 182 valence electrons. The van der Waals surface area contributed by atoms with Crippen LogP contribution in [-0.4, -0.2) is 57.9 Å². The van der Waals surface area contributed by atoms with Gasteiger partial charge in [0.05, 0.1) is 43.6 Å². The van der Waals surface area contributed by atoms with Crippen molar-refractivity contribution in [2.45, 2.75) is 38.3 Å². The fraction of sp³-hybridized carbons (Fsp3) is 0.423. The van der Waals surface area contributed by atoms with Gasteiger partial charge in [0.1, 0.15) is 4.83 Å². The number of aromatic nitrogens is 4. The summed E-state index contributed by atoms with van der Waals surface area (Å²) in [5, 5.41) is 9.39. The zero-order valence-corrected chi connectivity index (χ0v) is 21.5. The number of halogens is 1.